The lowest BCUT2D eigenvalue weighted by molar-refractivity contribution is 0.109. The van der Waals surface area contributed by atoms with Crippen LogP contribution in [-0.2, 0) is 4.74 Å². The summed E-state index contributed by atoms with van der Waals surface area (Å²) >= 11 is 0. The molecule has 0 aromatic carbocycles. The molecule has 0 radical (unpaired) electrons. The molecule has 3 heteroatoms. The quantitative estimate of drug-likeness (QED) is 0.646. The molecule has 1 aromatic rings. The van der Waals surface area contributed by atoms with E-state index in [4.69, 9.17) is 4.74 Å². The monoisotopic (exact) mass is 180 g/mol. The molecule has 1 saturated heterocycles. The number of aryl methyl sites for hydroxylation is 1. The van der Waals surface area contributed by atoms with Gasteiger partial charge in [-0.2, -0.15) is 0 Å². The van der Waals surface area contributed by atoms with Gasteiger partial charge in [0.1, 0.15) is 0 Å². The van der Waals surface area contributed by atoms with E-state index in [9.17, 15) is 0 Å². The largest absolute Gasteiger partial charge is 0.379 e. The van der Waals surface area contributed by atoms with Crippen LogP contribution in [0.25, 0.3) is 0 Å². The Balaban J connectivity index is 0.000000132. The minimum Gasteiger partial charge on any atom is -0.379 e. The van der Waals surface area contributed by atoms with E-state index in [1.54, 1.807) is 6.20 Å². The molecular formula is C10H16N2O. The maximum atomic E-state index is 5.01. The normalized spacial score (nSPS) is 15.8. The number of aromatic nitrogens is 1. The molecule has 1 N–H and O–H groups in total. The lowest BCUT2D eigenvalue weighted by atomic mass is 10.3. The fraction of sp³-hybridized carbons (Fsp3) is 0.500. The van der Waals surface area contributed by atoms with Crippen molar-refractivity contribution in [1.29, 1.82) is 0 Å². The number of rotatable bonds is 0. The molecule has 0 bridgehead atoms. The highest BCUT2D eigenvalue weighted by molar-refractivity contribution is 5.04. The molecule has 1 aliphatic heterocycles. The molecule has 2 heterocycles. The molecule has 1 fully saturated rings. The third kappa shape index (κ3) is 5.33. The molecule has 0 amide bonds. The number of hydrogen-bond acceptors (Lipinski definition) is 3. The summed E-state index contributed by atoms with van der Waals surface area (Å²) in [7, 11) is 0. The summed E-state index contributed by atoms with van der Waals surface area (Å²) in [6, 6.07) is 3.95. The number of pyridine rings is 1. The molecule has 0 aliphatic carbocycles. The molecular weight excluding hydrogens is 164 g/mol. The van der Waals surface area contributed by atoms with Crippen molar-refractivity contribution in [3.8, 4) is 0 Å². The number of morpholine rings is 1. The maximum absolute atomic E-state index is 5.01. The van der Waals surface area contributed by atoms with Crippen LogP contribution in [0.2, 0.25) is 0 Å². The fourth-order valence-corrected chi connectivity index (χ4v) is 0.964. The van der Waals surface area contributed by atoms with E-state index in [2.05, 4.69) is 10.3 Å². The number of ether oxygens (including phenoxy) is 1. The van der Waals surface area contributed by atoms with Gasteiger partial charge in [-0.15, -0.1) is 0 Å². The highest BCUT2D eigenvalue weighted by Crippen LogP contribution is 1.88. The third-order valence-corrected chi connectivity index (χ3v) is 1.66. The van der Waals surface area contributed by atoms with E-state index < -0.39 is 0 Å². The van der Waals surface area contributed by atoms with Crippen LogP contribution in [0.4, 0.5) is 0 Å². The van der Waals surface area contributed by atoms with Gasteiger partial charge in [-0.1, -0.05) is 6.07 Å². The summed E-state index contributed by atoms with van der Waals surface area (Å²) in [6.45, 7) is 5.85. The second-order valence-electron chi connectivity index (χ2n) is 2.89. The van der Waals surface area contributed by atoms with E-state index in [0.717, 1.165) is 26.3 Å². The van der Waals surface area contributed by atoms with Gasteiger partial charge in [-0.05, 0) is 18.6 Å². The summed E-state index contributed by atoms with van der Waals surface area (Å²) in [4.78, 5) is 3.88. The minimum atomic E-state index is 0.889. The molecule has 2 rings (SSSR count). The Morgan fingerprint density at radius 2 is 2.15 bits per heavy atom. The topological polar surface area (TPSA) is 34.1 Å². The standard InChI is InChI=1S/C6H7N.C4H9NO/c1-6-3-2-4-7-5-6;1-3-6-4-2-5-1/h2-5H,1H3;5H,1-4H2. The van der Waals surface area contributed by atoms with Crippen LogP contribution in [0.5, 0.6) is 0 Å². The molecule has 1 aliphatic rings. The summed E-state index contributed by atoms with van der Waals surface area (Å²) in [5.41, 5.74) is 1.21. The van der Waals surface area contributed by atoms with Gasteiger partial charge in [-0.25, -0.2) is 0 Å². The third-order valence-electron chi connectivity index (χ3n) is 1.66. The first kappa shape index (κ1) is 10.2. The second-order valence-corrected chi connectivity index (χ2v) is 2.89. The van der Waals surface area contributed by atoms with Crippen molar-refractivity contribution in [1.82, 2.24) is 10.3 Å². The Morgan fingerprint density at radius 3 is 2.38 bits per heavy atom. The van der Waals surface area contributed by atoms with Gasteiger partial charge in [0.25, 0.3) is 0 Å². The summed E-state index contributed by atoms with van der Waals surface area (Å²) < 4.78 is 5.01. The Kier molecular flexibility index (Phi) is 5.13. The summed E-state index contributed by atoms with van der Waals surface area (Å²) in [6.07, 6.45) is 3.60. The summed E-state index contributed by atoms with van der Waals surface area (Å²) in [5, 5.41) is 3.16. The molecule has 0 atom stereocenters. The van der Waals surface area contributed by atoms with E-state index >= 15 is 0 Å². The lowest BCUT2D eigenvalue weighted by Gasteiger charge is -2.10. The SMILES string of the molecule is C1COCCN1.Cc1cccnc1. The Hall–Kier alpha value is -0.930. The smallest absolute Gasteiger partial charge is 0.0591 e. The van der Waals surface area contributed by atoms with E-state index in [1.807, 2.05) is 25.3 Å². The van der Waals surface area contributed by atoms with Crippen LogP contribution in [0, 0.1) is 6.92 Å². The first-order valence-corrected chi connectivity index (χ1v) is 4.54. The molecule has 1 aromatic heterocycles. The second kappa shape index (κ2) is 6.57. The molecule has 3 nitrogen and oxygen atoms in total. The highest BCUT2D eigenvalue weighted by Gasteiger charge is 1.92. The zero-order chi connectivity index (χ0) is 9.36. The molecule has 13 heavy (non-hydrogen) atoms. The average Bonchev–Trinajstić information content (AvgIpc) is 2.22. The van der Waals surface area contributed by atoms with Gasteiger partial charge in [0.2, 0.25) is 0 Å². The van der Waals surface area contributed by atoms with Crippen LogP contribution >= 0.6 is 0 Å². The zero-order valence-electron chi connectivity index (χ0n) is 7.99. The Morgan fingerprint density at radius 1 is 1.38 bits per heavy atom. The van der Waals surface area contributed by atoms with Crippen molar-refractivity contribution in [2.24, 2.45) is 0 Å². The van der Waals surface area contributed by atoms with Crippen LogP contribution in [-0.4, -0.2) is 31.3 Å². The van der Waals surface area contributed by atoms with Gasteiger partial charge >= 0.3 is 0 Å². The Bertz CT molecular complexity index is 198. The van der Waals surface area contributed by atoms with Gasteiger partial charge < -0.3 is 10.1 Å². The minimum absolute atomic E-state index is 0.889. The van der Waals surface area contributed by atoms with Crippen LogP contribution in [0.1, 0.15) is 5.56 Å². The van der Waals surface area contributed by atoms with Crippen molar-refractivity contribution in [3.05, 3.63) is 30.1 Å². The van der Waals surface area contributed by atoms with E-state index in [-0.39, 0.29) is 0 Å². The van der Waals surface area contributed by atoms with Gasteiger partial charge in [-0.3, -0.25) is 4.98 Å². The van der Waals surface area contributed by atoms with Crippen molar-refractivity contribution in [2.75, 3.05) is 26.3 Å². The van der Waals surface area contributed by atoms with E-state index in [1.165, 1.54) is 5.56 Å². The van der Waals surface area contributed by atoms with Crippen molar-refractivity contribution < 1.29 is 4.74 Å². The zero-order valence-corrected chi connectivity index (χ0v) is 7.99. The maximum Gasteiger partial charge on any atom is 0.0591 e. The first-order chi connectivity index (χ1) is 6.39. The molecule has 72 valence electrons. The molecule has 0 spiro atoms. The number of nitrogens with one attached hydrogen (secondary N) is 1. The number of nitrogens with zero attached hydrogens (tertiary/aromatic N) is 1. The first-order valence-electron chi connectivity index (χ1n) is 4.54. The van der Waals surface area contributed by atoms with Crippen LogP contribution in [0.3, 0.4) is 0 Å². The van der Waals surface area contributed by atoms with Crippen molar-refractivity contribution in [2.45, 2.75) is 6.92 Å². The van der Waals surface area contributed by atoms with Crippen molar-refractivity contribution >= 4 is 0 Å². The lowest BCUT2D eigenvalue weighted by Crippen LogP contribution is -2.30. The Labute approximate surface area is 79.1 Å². The van der Waals surface area contributed by atoms with Gasteiger partial charge in [0.05, 0.1) is 13.2 Å². The van der Waals surface area contributed by atoms with Crippen LogP contribution in [0.15, 0.2) is 24.5 Å². The predicted molar refractivity (Wildman–Crippen MR) is 52.7 cm³/mol. The molecule has 0 saturated carbocycles. The average molecular weight is 180 g/mol. The number of hydrogen-bond donors (Lipinski definition) is 1. The van der Waals surface area contributed by atoms with Gasteiger partial charge in [0.15, 0.2) is 0 Å². The van der Waals surface area contributed by atoms with E-state index in [0.29, 0.717) is 0 Å². The summed E-state index contributed by atoms with van der Waals surface area (Å²) in [5.74, 6) is 0. The van der Waals surface area contributed by atoms with Gasteiger partial charge in [0, 0.05) is 25.5 Å². The molecule has 0 unspecified atom stereocenters. The fourth-order valence-electron chi connectivity index (χ4n) is 0.964. The van der Waals surface area contributed by atoms with Crippen LogP contribution < -0.4 is 5.32 Å². The predicted octanol–water partition coefficient (Wildman–Crippen LogP) is 0.996. The highest BCUT2D eigenvalue weighted by atomic mass is 16.5. The van der Waals surface area contributed by atoms with Crippen molar-refractivity contribution in [3.63, 3.8) is 0 Å².